The SMILES string of the molecule is COC(=O)C1CCN(S(=O)(=O)NCCOc2ccc(C(C)(C)C)cc2)CC1.N#Cc1ccccc1CSCc1ccc(F)c(F)c1. The molecule has 1 heterocycles. The average Bonchev–Trinajstić information content (AvgIpc) is 3.05. The van der Waals surface area contributed by atoms with Crippen LogP contribution in [0.3, 0.4) is 0 Å². The van der Waals surface area contributed by atoms with Crippen LogP contribution in [0.4, 0.5) is 8.78 Å². The van der Waals surface area contributed by atoms with E-state index in [2.05, 4.69) is 31.6 Å². The molecule has 1 N–H and O–H groups in total. The monoisotopic (exact) mass is 673 g/mol. The summed E-state index contributed by atoms with van der Waals surface area (Å²) >= 11 is 1.56. The summed E-state index contributed by atoms with van der Waals surface area (Å²) in [4.78, 5) is 11.5. The number of carbonyl (C=O) groups excluding carboxylic acids is 1. The maximum atomic E-state index is 13.0. The van der Waals surface area contributed by atoms with Crippen LogP contribution < -0.4 is 9.46 Å². The number of piperidine rings is 1. The van der Waals surface area contributed by atoms with Gasteiger partial charge in [0.15, 0.2) is 11.6 Å². The van der Waals surface area contributed by atoms with Gasteiger partial charge in [-0.1, -0.05) is 57.2 Å². The van der Waals surface area contributed by atoms with Gasteiger partial charge in [0.1, 0.15) is 12.4 Å². The van der Waals surface area contributed by atoms with Gasteiger partial charge < -0.3 is 9.47 Å². The topological polar surface area (TPSA) is 109 Å². The summed E-state index contributed by atoms with van der Waals surface area (Å²) in [5.41, 5.74) is 3.64. The number of benzene rings is 3. The third-order valence-electron chi connectivity index (χ3n) is 7.35. The van der Waals surface area contributed by atoms with E-state index in [-0.39, 0.29) is 30.5 Å². The number of methoxy groups -OCH3 is 1. The number of nitriles is 1. The second-order valence-corrected chi connectivity index (χ2v) is 14.5. The van der Waals surface area contributed by atoms with Crippen molar-refractivity contribution in [2.24, 2.45) is 5.92 Å². The predicted molar refractivity (Wildman–Crippen MR) is 176 cm³/mol. The van der Waals surface area contributed by atoms with Gasteiger partial charge in [-0.15, -0.1) is 0 Å². The fourth-order valence-electron chi connectivity index (χ4n) is 4.64. The van der Waals surface area contributed by atoms with Crippen molar-refractivity contribution in [2.45, 2.75) is 50.5 Å². The van der Waals surface area contributed by atoms with Crippen molar-refractivity contribution >= 4 is 27.9 Å². The molecule has 8 nitrogen and oxygen atoms in total. The van der Waals surface area contributed by atoms with E-state index in [1.807, 2.05) is 42.5 Å². The summed E-state index contributed by atoms with van der Waals surface area (Å²) < 4.78 is 64.7. The van der Waals surface area contributed by atoms with Gasteiger partial charge in [-0.25, -0.2) is 8.78 Å². The van der Waals surface area contributed by atoms with Gasteiger partial charge in [0.25, 0.3) is 10.2 Å². The first-order chi connectivity index (χ1) is 21.8. The second-order valence-electron chi connectivity index (χ2n) is 11.7. The second kappa shape index (κ2) is 17.4. The van der Waals surface area contributed by atoms with Crippen molar-refractivity contribution < 1.29 is 31.5 Å². The van der Waals surface area contributed by atoms with E-state index in [0.717, 1.165) is 17.2 Å². The standard InChI is InChI=1S/C19H30N2O5S.C15H11F2NS/c1-19(2,3)16-5-7-17(8-6-16)26-14-11-20-27(23,24)21-12-9-15(10-13-21)18(22)25-4;16-14-6-5-11(7-15(14)17)9-19-10-13-4-2-1-3-12(13)8-18/h5-8,15,20H,9-14H2,1-4H3;1-7H,9-10H2. The van der Waals surface area contributed by atoms with Crippen molar-refractivity contribution in [3.05, 3.63) is 101 Å². The molecule has 3 aromatic rings. The summed E-state index contributed by atoms with van der Waals surface area (Å²) in [6.07, 6.45) is 0.953. The largest absolute Gasteiger partial charge is 0.492 e. The van der Waals surface area contributed by atoms with Gasteiger partial charge in [-0.3, -0.25) is 4.79 Å². The molecule has 4 rings (SSSR count). The Kier molecular flexibility index (Phi) is 14.0. The first kappa shape index (κ1) is 37.0. The Morgan fingerprint density at radius 1 is 1.02 bits per heavy atom. The Hall–Kier alpha value is -3.50. The Bertz CT molecular complexity index is 1580. The lowest BCUT2D eigenvalue weighted by molar-refractivity contribution is -0.146. The molecule has 1 aliphatic rings. The lowest BCUT2D eigenvalue weighted by Gasteiger charge is -2.29. The quantitative estimate of drug-likeness (QED) is 0.187. The van der Waals surface area contributed by atoms with Crippen LogP contribution in [0.25, 0.3) is 0 Å². The molecule has 12 heteroatoms. The van der Waals surface area contributed by atoms with Crippen LogP contribution in [0.2, 0.25) is 0 Å². The zero-order valence-electron chi connectivity index (χ0n) is 26.6. The van der Waals surface area contributed by atoms with Gasteiger partial charge in [0.2, 0.25) is 0 Å². The first-order valence-electron chi connectivity index (χ1n) is 14.9. The minimum absolute atomic E-state index is 0.0789. The molecule has 1 saturated heterocycles. The van der Waals surface area contributed by atoms with Gasteiger partial charge >= 0.3 is 5.97 Å². The van der Waals surface area contributed by atoms with Crippen LogP contribution in [-0.2, 0) is 36.7 Å². The summed E-state index contributed by atoms with van der Waals surface area (Å²) in [6.45, 7) is 7.48. The molecule has 248 valence electrons. The summed E-state index contributed by atoms with van der Waals surface area (Å²) in [5, 5.41) is 8.95. The number of thioether (sulfide) groups is 1. The molecule has 0 saturated carbocycles. The van der Waals surface area contributed by atoms with E-state index in [1.165, 1.54) is 23.0 Å². The molecule has 0 aromatic heterocycles. The van der Waals surface area contributed by atoms with E-state index in [9.17, 15) is 22.0 Å². The van der Waals surface area contributed by atoms with E-state index < -0.39 is 21.8 Å². The smallest absolute Gasteiger partial charge is 0.308 e. The minimum Gasteiger partial charge on any atom is -0.492 e. The highest BCUT2D eigenvalue weighted by atomic mass is 32.2. The number of hydrogen-bond acceptors (Lipinski definition) is 7. The van der Waals surface area contributed by atoms with E-state index >= 15 is 0 Å². The Morgan fingerprint density at radius 2 is 1.70 bits per heavy atom. The molecular weight excluding hydrogens is 633 g/mol. The van der Waals surface area contributed by atoms with Crippen LogP contribution in [-0.4, -0.2) is 52.0 Å². The maximum absolute atomic E-state index is 13.0. The molecule has 0 unspecified atom stereocenters. The predicted octanol–water partition coefficient (Wildman–Crippen LogP) is 6.35. The fourth-order valence-corrected chi connectivity index (χ4v) is 6.85. The number of halogens is 2. The van der Waals surface area contributed by atoms with Crippen molar-refractivity contribution in [3.8, 4) is 11.8 Å². The zero-order chi connectivity index (χ0) is 33.7. The molecule has 1 aliphatic heterocycles. The molecule has 46 heavy (non-hydrogen) atoms. The number of nitrogens with zero attached hydrogens (tertiary/aromatic N) is 2. The molecule has 0 aliphatic carbocycles. The summed E-state index contributed by atoms with van der Waals surface area (Å²) in [6, 6.07) is 21.3. The fraction of sp³-hybridized carbons (Fsp3) is 0.412. The Labute approximate surface area is 275 Å². The molecule has 1 fully saturated rings. The van der Waals surface area contributed by atoms with E-state index in [1.54, 1.807) is 23.9 Å². The van der Waals surface area contributed by atoms with E-state index in [0.29, 0.717) is 48.7 Å². The highest BCUT2D eigenvalue weighted by Gasteiger charge is 2.31. The number of nitrogens with one attached hydrogen (secondary N) is 1. The average molecular weight is 674 g/mol. The molecule has 0 atom stereocenters. The van der Waals surface area contributed by atoms with Crippen molar-refractivity contribution in [1.82, 2.24) is 9.03 Å². The minimum atomic E-state index is -3.57. The van der Waals surface area contributed by atoms with Gasteiger partial charge in [-0.05, 0) is 65.3 Å². The Balaban J connectivity index is 0.000000266. The van der Waals surface area contributed by atoms with E-state index in [4.69, 9.17) is 14.7 Å². The van der Waals surface area contributed by atoms with Crippen LogP contribution in [0.15, 0.2) is 66.7 Å². The zero-order valence-corrected chi connectivity index (χ0v) is 28.2. The molecule has 0 radical (unpaired) electrons. The summed E-state index contributed by atoms with van der Waals surface area (Å²) in [7, 11) is -2.22. The van der Waals surface area contributed by atoms with Crippen LogP contribution in [0, 0.1) is 28.9 Å². The lowest BCUT2D eigenvalue weighted by Crippen LogP contribution is -2.46. The first-order valence-corrected chi connectivity index (χ1v) is 17.5. The molecule has 3 aromatic carbocycles. The number of rotatable bonds is 11. The molecule has 0 bridgehead atoms. The van der Waals surface area contributed by atoms with Crippen LogP contribution in [0.1, 0.15) is 55.9 Å². The van der Waals surface area contributed by atoms with Gasteiger partial charge in [0.05, 0.1) is 24.7 Å². The third kappa shape index (κ3) is 11.4. The van der Waals surface area contributed by atoms with Crippen molar-refractivity contribution in [2.75, 3.05) is 33.4 Å². The molecular formula is C34H41F2N3O5S2. The normalized spacial score (nSPS) is 14.1. The van der Waals surface area contributed by atoms with Crippen molar-refractivity contribution in [3.63, 3.8) is 0 Å². The lowest BCUT2D eigenvalue weighted by atomic mass is 9.87. The molecule has 0 spiro atoms. The van der Waals surface area contributed by atoms with Crippen LogP contribution in [0.5, 0.6) is 5.75 Å². The highest BCUT2D eigenvalue weighted by molar-refractivity contribution is 7.97. The van der Waals surface area contributed by atoms with Crippen LogP contribution >= 0.6 is 11.8 Å². The maximum Gasteiger partial charge on any atom is 0.308 e. The number of carbonyl (C=O) groups is 1. The highest BCUT2D eigenvalue weighted by Crippen LogP contribution is 2.25. The number of hydrogen-bond donors (Lipinski definition) is 1. The van der Waals surface area contributed by atoms with Crippen molar-refractivity contribution in [1.29, 1.82) is 5.26 Å². The molecule has 0 amide bonds. The third-order valence-corrected chi connectivity index (χ3v) is 10.0. The van der Waals surface area contributed by atoms with Gasteiger partial charge in [0, 0.05) is 31.1 Å². The van der Waals surface area contributed by atoms with Gasteiger partial charge in [-0.2, -0.15) is 34.5 Å². The Morgan fingerprint density at radius 3 is 2.30 bits per heavy atom. The summed E-state index contributed by atoms with van der Waals surface area (Å²) in [5.74, 6) is -0.188. The number of ether oxygens (including phenoxy) is 2. The number of esters is 1.